The van der Waals surface area contributed by atoms with Crippen molar-refractivity contribution in [3.63, 3.8) is 0 Å². The highest BCUT2D eigenvalue weighted by Gasteiger charge is 2.38. The molecule has 0 N–H and O–H groups in total. The van der Waals surface area contributed by atoms with Gasteiger partial charge in [-0.05, 0) is 54.0 Å². The summed E-state index contributed by atoms with van der Waals surface area (Å²) in [7, 11) is 0. The predicted molar refractivity (Wildman–Crippen MR) is 115 cm³/mol. The van der Waals surface area contributed by atoms with Crippen molar-refractivity contribution < 1.29 is 13.2 Å². The first kappa shape index (κ1) is 20.8. The summed E-state index contributed by atoms with van der Waals surface area (Å²) >= 11 is 0. The summed E-state index contributed by atoms with van der Waals surface area (Å²) in [4.78, 5) is 6.20. The summed E-state index contributed by atoms with van der Waals surface area (Å²) in [6.45, 7) is 8.65. The van der Waals surface area contributed by atoms with E-state index in [-0.39, 0.29) is 11.3 Å². The van der Waals surface area contributed by atoms with E-state index in [1.807, 2.05) is 0 Å². The molecule has 1 aromatic heterocycles. The van der Waals surface area contributed by atoms with Crippen LogP contribution in [0.15, 0.2) is 48.5 Å². The van der Waals surface area contributed by atoms with E-state index >= 15 is 0 Å². The fourth-order valence-corrected chi connectivity index (χ4v) is 4.28. The number of para-hydroxylation sites is 2. The Morgan fingerprint density at radius 1 is 0.933 bits per heavy atom. The Kier molecular flexibility index (Phi) is 5.28. The fourth-order valence-electron chi connectivity index (χ4n) is 4.28. The molecule has 6 heteroatoms. The zero-order chi connectivity index (χ0) is 21.5. The van der Waals surface area contributed by atoms with E-state index in [0.717, 1.165) is 25.9 Å². The Balaban J connectivity index is 1.47. The summed E-state index contributed by atoms with van der Waals surface area (Å²) in [6, 6.07) is 15.5. The highest BCUT2D eigenvalue weighted by molar-refractivity contribution is 5.76. The van der Waals surface area contributed by atoms with Crippen LogP contribution in [0.3, 0.4) is 0 Å². The number of alkyl halides is 3. The minimum absolute atomic E-state index is 0.120. The van der Waals surface area contributed by atoms with E-state index in [9.17, 15) is 13.2 Å². The van der Waals surface area contributed by atoms with Crippen LogP contribution < -0.4 is 4.90 Å². The Morgan fingerprint density at radius 3 is 2.17 bits per heavy atom. The van der Waals surface area contributed by atoms with Gasteiger partial charge >= 0.3 is 6.18 Å². The molecule has 3 nitrogen and oxygen atoms in total. The second-order valence-electron chi connectivity index (χ2n) is 9.26. The quantitative estimate of drug-likeness (QED) is 0.503. The SMILES string of the molecule is CC(C)(C)c1ccc(N2CCC(Cn3c(C(F)(F)F)nc4ccccc43)CC2)cc1. The second kappa shape index (κ2) is 7.64. The first-order valence-corrected chi connectivity index (χ1v) is 10.5. The van der Waals surface area contributed by atoms with Gasteiger partial charge in [0.2, 0.25) is 5.82 Å². The fraction of sp³-hybridized carbons (Fsp3) is 0.458. The summed E-state index contributed by atoms with van der Waals surface area (Å²) in [5.74, 6) is -0.585. The van der Waals surface area contributed by atoms with Gasteiger partial charge in [-0.25, -0.2) is 4.98 Å². The molecule has 160 valence electrons. The van der Waals surface area contributed by atoms with Crippen LogP contribution >= 0.6 is 0 Å². The third-order valence-corrected chi connectivity index (χ3v) is 6.06. The number of fused-ring (bicyclic) bond motifs is 1. The largest absolute Gasteiger partial charge is 0.449 e. The van der Waals surface area contributed by atoms with Crippen molar-refractivity contribution in [2.75, 3.05) is 18.0 Å². The first-order chi connectivity index (χ1) is 14.1. The molecule has 3 aromatic rings. The standard InChI is InChI=1S/C24H28F3N3/c1-23(2,3)18-8-10-19(11-9-18)29-14-12-17(13-15-29)16-30-21-7-5-4-6-20(21)28-22(30)24(25,26)27/h4-11,17H,12-16H2,1-3H3. The minimum Gasteiger partial charge on any atom is -0.372 e. The molecule has 1 saturated heterocycles. The number of benzene rings is 2. The van der Waals surface area contributed by atoms with Crippen LogP contribution in [0, 0.1) is 5.92 Å². The van der Waals surface area contributed by atoms with E-state index in [0.29, 0.717) is 17.6 Å². The van der Waals surface area contributed by atoms with Crippen LogP contribution in [0.5, 0.6) is 0 Å². The van der Waals surface area contributed by atoms with Gasteiger partial charge in [0.15, 0.2) is 0 Å². The van der Waals surface area contributed by atoms with Gasteiger partial charge < -0.3 is 9.47 Å². The lowest BCUT2D eigenvalue weighted by molar-refractivity contribution is -0.147. The Bertz CT molecular complexity index is 1000. The van der Waals surface area contributed by atoms with E-state index in [2.05, 4.69) is 54.9 Å². The van der Waals surface area contributed by atoms with Crippen molar-refractivity contribution in [3.8, 4) is 0 Å². The molecule has 0 bridgehead atoms. The number of piperidine rings is 1. The third kappa shape index (κ3) is 4.18. The Hall–Kier alpha value is -2.50. The van der Waals surface area contributed by atoms with Crippen molar-refractivity contribution in [1.29, 1.82) is 0 Å². The molecule has 0 spiro atoms. The van der Waals surface area contributed by atoms with E-state index in [1.165, 1.54) is 15.8 Å². The molecule has 0 radical (unpaired) electrons. The molecular formula is C24H28F3N3. The summed E-state index contributed by atoms with van der Waals surface area (Å²) < 4.78 is 42.0. The third-order valence-electron chi connectivity index (χ3n) is 6.06. The summed E-state index contributed by atoms with van der Waals surface area (Å²) in [5, 5.41) is 0. The Labute approximate surface area is 175 Å². The van der Waals surface area contributed by atoms with E-state index in [4.69, 9.17) is 0 Å². The predicted octanol–water partition coefficient (Wildman–Crippen LogP) is 6.27. The maximum atomic E-state index is 13.5. The minimum atomic E-state index is -4.45. The average molecular weight is 416 g/mol. The zero-order valence-corrected chi connectivity index (χ0v) is 17.7. The van der Waals surface area contributed by atoms with Gasteiger partial charge in [0.05, 0.1) is 11.0 Å². The van der Waals surface area contributed by atoms with Gasteiger partial charge in [-0.15, -0.1) is 0 Å². The van der Waals surface area contributed by atoms with Crippen LogP contribution in [0.25, 0.3) is 11.0 Å². The van der Waals surface area contributed by atoms with Crippen LogP contribution in [-0.4, -0.2) is 22.6 Å². The number of aromatic nitrogens is 2. The molecule has 2 heterocycles. The van der Waals surface area contributed by atoms with E-state index in [1.54, 1.807) is 24.3 Å². The van der Waals surface area contributed by atoms with Crippen LogP contribution in [0.1, 0.15) is 45.0 Å². The lowest BCUT2D eigenvalue weighted by atomic mass is 9.87. The van der Waals surface area contributed by atoms with Crippen LogP contribution in [-0.2, 0) is 18.1 Å². The van der Waals surface area contributed by atoms with Gasteiger partial charge in [0.1, 0.15) is 0 Å². The molecule has 0 aliphatic carbocycles. The highest BCUT2D eigenvalue weighted by atomic mass is 19.4. The molecule has 0 amide bonds. The molecule has 0 unspecified atom stereocenters. The van der Waals surface area contributed by atoms with Crippen LogP contribution in [0.4, 0.5) is 18.9 Å². The van der Waals surface area contributed by atoms with Gasteiger partial charge in [-0.3, -0.25) is 0 Å². The van der Waals surface area contributed by atoms with Crippen molar-refractivity contribution in [2.45, 2.75) is 51.7 Å². The molecule has 2 aromatic carbocycles. The first-order valence-electron chi connectivity index (χ1n) is 10.5. The van der Waals surface area contributed by atoms with Crippen molar-refractivity contribution in [1.82, 2.24) is 9.55 Å². The number of hydrogen-bond acceptors (Lipinski definition) is 2. The number of anilines is 1. The van der Waals surface area contributed by atoms with Crippen molar-refractivity contribution in [2.24, 2.45) is 5.92 Å². The van der Waals surface area contributed by atoms with Gasteiger partial charge in [-0.2, -0.15) is 13.2 Å². The number of halogens is 3. The zero-order valence-electron chi connectivity index (χ0n) is 17.7. The second-order valence-corrected chi connectivity index (χ2v) is 9.26. The number of rotatable bonds is 3. The molecular weight excluding hydrogens is 387 g/mol. The summed E-state index contributed by atoms with van der Waals surface area (Å²) in [6.07, 6.45) is -2.72. The maximum absolute atomic E-state index is 13.5. The van der Waals surface area contributed by atoms with Crippen molar-refractivity contribution in [3.05, 3.63) is 59.9 Å². The lowest BCUT2D eigenvalue weighted by Gasteiger charge is -2.34. The Morgan fingerprint density at radius 2 is 1.57 bits per heavy atom. The smallest absolute Gasteiger partial charge is 0.372 e. The number of hydrogen-bond donors (Lipinski definition) is 0. The van der Waals surface area contributed by atoms with Gasteiger partial charge in [-0.1, -0.05) is 45.0 Å². The van der Waals surface area contributed by atoms with Gasteiger partial charge in [0.25, 0.3) is 0 Å². The normalized spacial score (nSPS) is 16.4. The monoisotopic (exact) mass is 415 g/mol. The molecule has 4 rings (SSSR count). The molecule has 1 aliphatic rings. The van der Waals surface area contributed by atoms with Gasteiger partial charge in [0, 0.05) is 25.3 Å². The lowest BCUT2D eigenvalue weighted by Crippen LogP contribution is -2.35. The topological polar surface area (TPSA) is 21.1 Å². The summed E-state index contributed by atoms with van der Waals surface area (Å²) in [5.41, 5.74) is 3.57. The number of nitrogens with zero attached hydrogens (tertiary/aromatic N) is 3. The highest BCUT2D eigenvalue weighted by Crippen LogP contribution is 2.34. The molecule has 0 saturated carbocycles. The molecule has 30 heavy (non-hydrogen) atoms. The van der Waals surface area contributed by atoms with E-state index < -0.39 is 12.0 Å². The number of imidazole rings is 1. The molecule has 1 aliphatic heterocycles. The maximum Gasteiger partial charge on any atom is 0.449 e. The van der Waals surface area contributed by atoms with Crippen molar-refractivity contribution >= 4 is 16.7 Å². The average Bonchev–Trinajstić information content (AvgIpc) is 3.07. The van der Waals surface area contributed by atoms with Crippen LogP contribution in [0.2, 0.25) is 0 Å². The molecule has 0 atom stereocenters. The molecule has 1 fully saturated rings.